The van der Waals surface area contributed by atoms with Crippen LogP contribution in [0, 0.1) is 0 Å². The minimum Gasteiger partial charge on any atom is -0.324 e. The number of likely N-dealkylation sites (tertiary alicyclic amines) is 1. The van der Waals surface area contributed by atoms with E-state index in [-0.39, 0.29) is 11.9 Å². The van der Waals surface area contributed by atoms with Crippen molar-refractivity contribution in [2.45, 2.75) is 38.1 Å². The maximum atomic E-state index is 12.6. The van der Waals surface area contributed by atoms with Gasteiger partial charge in [0.15, 0.2) is 0 Å². The molecule has 6 nitrogen and oxygen atoms in total. The zero-order valence-corrected chi connectivity index (χ0v) is 14.2. The smallest absolute Gasteiger partial charge is 0.321 e. The third-order valence-electron chi connectivity index (χ3n) is 4.79. The lowest BCUT2D eigenvalue weighted by Gasteiger charge is -2.32. The molecule has 0 aliphatic carbocycles. The molecule has 1 atom stereocenters. The van der Waals surface area contributed by atoms with E-state index in [4.69, 9.17) is 11.6 Å². The molecule has 1 aromatic heterocycles. The van der Waals surface area contributed by atoms with E-state index >= 15 is 0 Å². The van der Waals surface area contributed by atoms with Crippen LogP contribution in [0.4, 0.5) is 10.5 Å². The monoisotopic (exact) mass is 345 g/mol. The molecule has 0 saturated carbocycles. The Morgan fingerprint density at radius 1 is 1.25 bits per heavy atom. The van der Waals surface area contributed by atoms with Crippen molar-refractivity contribution in [2.24, 2.45) is 0 Å². The van der Waals surface area contributed by atoms with E-state index in [1.807, 2.05) is 17.0 Å². The third-order valence-corrected chi connectivity index (χ3v) is 5.02. The number of hydrogen-bond acceptors (Lipinski definition) is 3. The summed E-state index contributed by atoms with van der Waals surface area (Å²) in [5, 5.41) is 12.2. The van der Waals surface area contributed by atoms with Gasteiger partial charge in [-0.1, -0.05) is 17.7 Å². The van der Waals surface area contributed by atoms with Crippen LogP contribution < -0.4 is 5.32 Å². The van der Waals surface area contributed by atoms with E-state index in [0.717, 1.165) is 56.1 Å². The van der Waals surface area contributed by atoms with Crippen molar-refractivity contribution >= 4 is 23.3 Å². The molecular weight excluding hydrogens is 326 g/mol. The molecule has 2 amide bonds. The van der Waals surface area contributed by atoms with Gasteiger partial charge in [-0.3, -0.25) is 0 Å². The summed E-state index contributed by atoms with van der Waals surface area (Å²) in [5.74, 6) is 2.40. The second-order valence-corrected chi connectivity index (χ2v) is 6.89. The highest BCUT2D eigenvalue weighted by Crippen LogP contribution is 2.28. The molecule has 0 radical (unpaired) electrons. The van der Waals surface area contributed by atoms with Crippen LogP contribution in [0.5, 0.6) is 0 Å². The Morgan fingerprint density at radius 2 is 2.17 bits per heavy atom. The van der Waals surface area contributed by atoms with Gasteiger partial charge < -0.3 is 14.8 Å². The van der Waals surface area contributed by atoms with Gasteiger partial charge in [-0.05, 0) is 37.5 Å². The van der Waals surface area contributed by atoms with Crippen LogP contribution >= 0.6 is 11.6 Å². The summed E-state index contributed by atoms with van der Waals surface area (Å²) in [5.41, 5.74) is 0.720. The zero-order chi connectivity index (χ0) is 16.5. The molecule has 1 fully saturated rings. The Kier molecular flexibility index (Phi) is 4.14. The highest BCUT2D eigenvalue weighted by molar-refractivity contribution is 6.30. The van der Waals surface area contributed by atoms with Crippen molar-refractivity contribution < 1.29 is 4.79 Å². The van der Waals surface area contributed by atoms with Crippen LogP contribution in [0.15, 0.2) is 24.3 Å². The molecule has 2 aliphatic rings. The number of piperidine rings is 1. The van der Waals surface area contributed by atoms with Crippen LogP contribution in [-0.4, -0.2) is 38.8 Å². The second kappa shape index (κ2) is 6.43. The van der Waals surface area contributed by atoms with E-state index in [2.05, 4.69) is 20.1 Å². The van der Waals surface area contributed by atoms with E-state index < -0.39 is 0 Å². The predicted octanol–water partition coefficient (Wildman–Crippen LogP) is 3.29. The summed E-state index contributed by atoms with van der Waals surface area (Å²) >= 11 is 5.98. The zero-order valence-electron chi connectivity index (χ0n) is 13.4. The number of nitrogens with one attached hydrogen (secondary N) is 1. The van der Waals surface area contributed by atoms with Crippen LogP contribution in [0.2, 0.25) is 5.02 Å². The van der Waals surface area contributed by atoms with Crippen LogP contribution in [0.3, 0.4) is 0 Å². The largest absolute Gasteiger partial charge is 0.324 e. The van der Waals surface area contributed by atoms with Gasteiger partial charge >= 0.3 is 6.03 Å². The molecule has 0 spiro atoms. The maximum absolute atomic E-state index is 12.6. The average Bonchev–Trinajstić information content (AvgIpc) is 3.18. The number of benzene rings is 1. The number of carbonyl (C=O) groups is 1. The number of amides is 2. The summed E-state index contributed by atoms with van der Waals surface area (Å²) in [6.45, 7) is 2.46. The van der Waals surface area contributed by atoms with Crippen molar-refractivity contribution in [3.63, 3.8) is 0 Å². The summed E-state index contributed by atoms with van der Waals surface area (Å²) in [4.78, 5) is 14.4. The van der Waals surface area contributed by atoms with Gasteiger partial charge in [-0.2, -0.15) is 0 Å². The van der Waals surface area contributed by atoms with Gasteiger partial charge in [0.1, 0.15) is 11.6 Å². The Hall–Kier alpha value is -2.08. The number of carbonyl (C=O) groups excluding carboxylic acids is 1. The summed E-state index contributed by atoms with van der Waals surface area (Å²) in [6.07, 6.45) is 4.19. The maximum Gasteiger partial charge on any atom is 0.321 e. The third kappa shape index (κ3) is 2.98. The Labute approximate surface area is 145 Å². The second-order valence-electron chi connectivity index (χ2n) is 6.46. The van der Waals surface area contributed by atoms with Gasteiger partial charge in [0, 0.05) is 42.7 Å². The molecule has 1 saturated heterocycles. The van der Waals surface area contributed by atoms with E-state index in [1.54, 1.807) is 12.1 Å². The fourth-order valence-corrected chi connectivity index (χ4v) is 3.81. The van der Waals surface area contributed by atoms with Gasteiger partial charge in [-0.15, -0.1) is 10.2 Å². The van der Waals surface area contributed by atoms with Gasteiger partial charge in [0.05, 0.1) is 0 Å². The number of aryl methyl sites for hydroxylation is 1. The van der Waals surface area contributed by atoms with Gasteiger partial charge in [-0.25, -0.2) is 4.79 Å². The fraction of sp³-hybridized carbons (Fsp3) is 0.471. The van der Waals surface area contributed by atoms with Crippen molar-refractivity contribution in [1.82, 2.24) is 19.7 Å². The van der Waals surface area contributed by atoms with Crippen molar-refractivity contribution in [3.05, 3.63) is 40.9 Å². The number of hydrogen-bond donors (Lipinski definition) is 1. The normalized spacial score (nSPS) is 20.0. The first-order valence-electron chi connectivity index (χ1n) is 8.44. The van der Waals surface area contributed by atoms with E-state index in [1.165, 1.54) is 0 Å². The van der Waals surface area contributed by atoms with Crippen LogP contribution in [0.25, 0.3) is 0 Å². The molecule has 7 heteroatoms. The summed E-state index contributed by atoms with van der Waals surface area (Å²) in [7, 11) is 0. The van der Waals surface area contributed by atoms with Crippen LogP contribution in [-0.2, 0) is 13.0 Å². The molecule has 1 aromatic carbocycles. The van der Waals surface area contributed by atoms with E-state index in [0.29, 0.717) is 11.6 Å². The molecule has 24 heavy (non-hydrogen) atoms. The molecule has 4 rings (SSSR count). The van der Waals surface area contributed by atoms with Crippen LogP contribution in [0.1, 0.15) is 36.8 Å². The Morgan fingerprint density at radius 3 is 3.04 bits per heavy atom. The standard InChI is InChI=1S/C17H20ClN5O/c18-13-5-1-6-14(10-13)19-17(24)22-8-2-4-12(11-22)16-21-20-15-7-3-9-23(15)16/h1,5-6,10,12H,2-4,7-9,11H2,(H,19,24)/t12-/m1/s1. The highest BCUT2D eigenvalue weighted by atomic mass is 35.5. The molecule has 1 N–H and O–H groups in total. The Balaban J connectivity index is 1.45. The Bertz CT molecular complexity index is 759. The van der Waals surface area contributed by atoms with Gasteiger partial charge in [0.2, 0.25) is 0 Å². The molecule has 2 aliphatic heterocycles. The lowest BCUT2D eigenvalue weighted by Crippen LogP contribution is -2.42. The lowest BCUT2D eigenvalue weighted by molar-refractivity contribution is 0.190. The van der Waals surface area contributed by atoms with Crippen molar-refractivity contribution in [2.75, 3.05) is 18.4 Å². The topological polar surface area (TPSA) is 63.1 Å². The molecule has 0 unspecified atom stereocenters. The minimum absolute atomic E-state index is 0.0804. The highest BCUT2D eigenvalue weighted by Gasteiger charge is 2.30. The first-order chi connectivity index (χ1) is 11.7. The lowest BCUT2D eigenvalue weighted by atomic mass is 9.97. The number of urea groups is 1. The number of rotatable bonds is 2. The molecule has 0 bridgehead atoms. The average molecular weight is 346 g/mol. The number of anilines is 1. The minimum atomic E-state index is -0.0804. The number of fused-ring (bicyclic) bond motifs is 1. The molecule has 126 valence electrons. The first kappa shape index (κ1) is 15.4. The molecule has 3 heterocycles. The number of aromatic nitrogens is 3. The summed E-state index contributed by atoms with van der Waals surface area (Å²) < 4.78 is 2.24. The number of nitrogens with zero attached hydrogens (tertiary/aromatic N) is 4. The molecule has 2 aromatic rings. The molecular formula is C17H20ClN5O. The summed E-state index contributed by atoms with van der Waals surface area (Å²) in [6, 6.07) is 7.14. The van der Waals surface area contributed by atoms with Crippen molar-refractivity contribution in [3.8, 4) is 0 Å². The number of halogens is 1. The SMILES string of the molecule is O=C(Nc1cccc(Cl)c1)N1CCC[C@@H](c2nnc3n2CCC3)C1. The quantitative estimate of drug-likeness (QED) is 0.908. The first-order valence-corrected chi connectivity index (χ1v) is 8.82. The predicted molar refractivity (Wildman–Crippen MR) is 92.4 cm³/mol. The fourth-order valence-electron chi connectivity index (χ4n) is 3.62. The van der Waals surface area contributed by atoms with Crippen molar-refractivity contribution in [1.29, 1.82) is 0 Å². The van der Waals surface area contributed by atoms with E-state index in [9.17, 15) is 4.79 Å². The van der Waals surface area contributed by atoms with Gasteiger partial charge in [0.25, 0.3) is 0 Å².